The molecule has 0 fully saturated rings. The normalized spacial score (nSPS) is 11.4. The molecule has 1 aromatic heterocycles. The van der Waals surface area contributed by atoms with Crippen LogP contribution in [0, 0.1) is 0 Å². The van der Waals surface area contributed by atoms with Crippen LogP contribution in [0.5, 0.6) is 0 Å². The van der Waals surface area contributed by atoms with Crippen molar-refractivity contribution < 1.29 is 18.3 Å². The number of aromatic carboxylic acids is 1. The number of hydrogen-bond acceptors (Lipinski definition) is 4. The standard InChI is InChI=1S/C14H14O4S2/c1-2-11-3-4-12(7-13(11)14(15)16)20(17,18)9-10-5-6-19-8-10/h3-8H,2,9H2,1H3,(H,15,16). The van der Waals surface area contributed by atoms with E-state index in [0.717, 1.165) is 0 Å². The molecule has 2 rings (SSSR count). The first-order chi connectivity index (χ1) is 9.44. The van der Waals surface area contributed by atoms with Gasteiger partial charge in [-0.05, 0) is 46.5 Å². The highest BCUT2D eigenvalue weighted by Gasteiger charge is 2.19. The van der Waals surface area contributed by atoms with Gasteiger partial charge in [0.25, 0.3) is 0 Å². The maximum atomic E-state index is 12.3. The molecule has 1 aromatic carbocycles. The third-order valence-electron chi connectivity index (χ3n) is 2.99. The number of benzene rings is 1. The molecule has 0 spiro atoms. The fourth-order valence-electron chi connectivity index (χ4n) is 1.93. The van der Waals surface area contributed by atoms with Crippen LogP contribution >= 0.6 is 11.3 Å². The van der Waals surface area contributed by atoms with Gasteiger partial charge in [0, 0.05) is 0 Å². The van der Waals surface area contributed by atoms with Crippen LogP contribution in [0.4, 0.5) is 0 Å². The summed E-state index contributed by atoms with van der Waals surface area (Å²) in [5.41, 5.74) is 1.40. The topological polar surface area (TPSA) is 71.4 Å². The summed E-state index contributed by atoms with van der Waals surface area (Å²) in [4.78, 5) is 11.2. The van der Waals surface area contributed by atoms with Crippen molar-refractivity contribution in [1.82, 2.24) is 0 Å². The second-order valence-corrected chi connectivity index (χ2v) is 7.14. The lowest BCUT2D eigenvalue weighted by Crippen LogP contribution is -2.08. The molecule has 0 saturated carbocycles. The zero-order chi connectivity index (χ0) is 14.8. The summed E-state index contributed by atoms with van der Waals surface area (Å²) in [5, 5.41) is 12.7. The van der Waals surface area contributed by atoms with Crippen molar-refractivity contribution in [2.75, 3.05) is 0 Å². The second-order valence-electron chi connectivity index (χ2n) is 4.37. The molecule has 2 aromatic rings. The van der Waals surface area contributed by atoms with Gasteiger partial charge in [0.15, 0.2) is 9.84 Å². The molecule has 1 N–H and O–H groups in total. The van der Waals surface area contributed by atoms with Gasteiger partial charge in [-0.3, -0.25) is 0 Å². The van der Waals surface area contributed by atoms with E-state index >= 15 is 0 Å². The van der Waals surface area contributed by atoms with Crippen LogP contribution in [-0.2, 0) is 22.0 Å². The molecule has 0 aliphatic rings. The van der Waals surface area contributed by atoms with Gasteiger partial charge in [-0.2, -0.15) is 11.3 Å². The van der Waals surface area contributed by atoms with Crippen LogP contribution in [0.2, 0.25) is 0 Å². The van der Waals surface area contributed by atoms with Gasteiger partial charge in [0.1, 0.15) is 0 Å². The number of carboxylic acids is 1. The highest BCUT2D eigenvalue weighted by molar-refractivity contribution is 7.90. The molecule has 0 aliphatic carbocycles. The largest absolute Gasteiger partial charge is 0.478 e. The first kappa shape index (κ1) is 14.7. The molecular weight excluding hydrogens is 296 g/mol. The number of hydrogen-bond donors (Lipinski definition) is 1. The van der Waals surface area contributed by atoms with Gasteiger partial charge in [-0.15, -0.1) is 0 Å². The highest BCUT2D eigenvalue weighted by atomic mass is 32.2. The molecule has 0 bridgehead atoms. The van der Waals surface area contributed by atoms with E-state index in [4.69, 9.17) is 5.11 Å². The molecule has 0 aliphatic heterocycles. The van der Waals surface area contributed by atoms with E-state index in [1.807, 2.05) is 12.3 Å². The van der Waals surface area contributed by atoms with Crippen molar-refractivity contribution >= 4 is 27.1 Å². The minimum absolute atomic E-state index is 0.0540. The van der Waals surface area contributed by atoms with Crippen LogP contribution in [-0.4, -0.2) is 19.5 Å². The van der Waals surface area contributed by atoms with E-state index < -0.39 is 15.8 Å². The monoisotopic (exact) mass is 310 g/mol. The molecule has 1 heterocycles. The van der Waals surface area contributed by atoms with E-state index in [1.165, 1.54) is 23.5 Å². The minimum atomic E-state index is -3.52. The fraction of sp³-hybridized carbons (Fsp3) is 0.214. The summed E-state index contributed by atoms with van der Waals surface area (Å²) in [5.74, 6) is -1.21. The Balaban J connectivity index is 2.42. The Morgan fingerprint density at radius 3 is 2.60 bits per heavy atom. The quantitative estimate of drug-likeness (QED) is 0.921. The lowest BCUT2D eigenvalue weighted by molar-refractivity contribution is 0.0695. The zero-order valence-corrected chi connectivity index (χ0v) is 12.5. The molecule has 0 saturated heterocycles. The highest BCUT2D eigenvalue weighted by Crippen LogP contribution is 2.21. The molecule has 106 valence electrons. The maximum absolute atomic E-state index is 12.3. The minimum Gasteiger partial charge on any atom is -0.478 e. The number of sulfone groups is 1. The third kappa shape index (κ3) is 3.08. The third-order valence-corrected chi connectivity index (χ3v) is 5.41. The number of rotatable bonds is 5. The van der Waals surface area contributed by atoms with Gasteiger partial charge < -0.3 is 5.11 Å². The van der Waals surface area contributed by atoms with Crippen molar-refractivity contribution in [3.05, 3.63) is 51.7 Å². The Kier molecular flexibility index (Phi) is 4.25. The molecule has 6 heteroatoms. The summed E-state index contributed by atoms with van der Waals surface area (Å²) in [7, 11) is -3.52. The summed E-state index contributed by atoms with van der Waals surface area (Å²) >= 11 is 1.43. The first-order valence-electron chi connectivity index (χ1n) is 6.04. The Hall–Kier alpha value is -1.66. The number of carbonyl (C=O) groups is 1. The average Bonchev–Trinajstić information content (AvgIpc) is 2.89. The summed E-state index contributed by atoms with van der Waals surface area (Å²) < 4.78 is 24.6. The molecular formula is C14H14O4S2. The van der Waals surface area contributed by atoms with Gasteiger partial charge in [-0.1, -0.05) is 13.0 Å². The van der Waals surface area contributed by atoms with E-state index in [-0.39, 0.29) is 16.2 Å². The number of carboxylic acid groups (broad SMARTS) is 1. The van der Waals surface area contributed by atoms with Crippen molar-refractivity contribution in [2.45, 2.75) is 24.0 Å². The maximum Gasteiger partial charge on any atom is 0.336 e. The van der Waals surface area contributed by atoms with Gasteiger partial charge in [-0.25, -0.2) is 13.2 Å². The predicted octanol–water partition coefficient (Wildman–Crippen LogP) is 2.98. The molecule has 0 atom stereocenters. The zero-order valence-electron chi connectivity index (χ0n) is 10.9. The van der Waals surface area contributed by atoms with Crippen LogP contribution < -0.4 is 0 Å². The summed E-state index contributed by atoms with van der Waals surface area (Å²) in [6.45, 7) is 1.83. The van der Waals surface area contributed by atoms with Crippen LogP contribution in [0.3, 0.4) is 0 Å². The van der Waals surface area contributed by atoms with Crippen molar-refractivity contribution in [3.8, 4) is 0 Å². The van der Waals surface area contributed by atoms with Gasteiger partial charge in [0.05, 0.1) is 16.2 Å². The van der Waals surface area contributed by atoms with E-state index in [2.05, 4.69) is 0 Å². The molecule has 4 nitrogen and oxygen atoms in total. The smallest absolute Gasteiger partial charge is 0.336 e. The predicted molar refractivity (Wildman–Crippen MR) is 78.0 cm³/mol. The average molecular weight is 310 g/mol. The Morgan fingerprint density at radius 1 is 1.30 bits per heavy atom. The van der Waals surface area contributed by atoms with Crippen LogP contribution in [0.25, 0.3) is 0 Å². The molecule has 0 amide bonds. The first-order valence-corrected chi connectivity index (χ1v) is 8.63. The van der Waals surface area contributed by atoms with Crippen molar-refractivity contribution in [1.29, 1.82) is 0 Å². The Morgan fingerprint density at radius 2 is 2.05 bits per heavy atom. The Bertz CT molecular complexity index is 716. The van der Waals surface area contributed by atoms with Crippen LogP contribution in [0.1, 0.15) is 28.4 Å². The summed E-state index contributed by atoms with van der Waals surface area (Å²) in [6.07, 6.45) is 0.548. The second kappa shape index (κ2) is 5.76. The lowest BCUT2D eigenvalue weighted by Gasteiger charge is -2.08. The molecule has 0 radical (unpaired) electrons. The Labute approximate surface area is 121 Å². The van der Waals surface area contributed by atoms with Gasteiger partial charge >= 0.3 is 5.97 Å². The van der Waals surface area contributed by atoms with E-state index in [9.17, 15) is 13.2 Å². The summed E-state index contributed by atoms with van der Waals surface area (Å²) in [6, 6.07) is 6.06. The molecule has 0 unspecified atom stereocenters. The fourth-order valence-corrected chi connectivity index (χ4v) is 4.07. The lowest BCUT2D eigenvalue weighted by atomic mass is 10.1. The van der Waals surface area contributed by atoms with Crippen molar-refractivity contribution in [2.24, 2.45) is 0 Å². The van der Waals surface area contributed by atoms with Crippen molar-refractivity contribution in [3.63, 3.8) is 0 Å². The van der Waals surface area contributed by atoms with E-state index in [1.54, 1.807) is 17.5 Å². The van der Waals surface area contributed by atoms with Crippen LogP contribution in [0.15, 0.2) is 39.9 Å². The van der Waals surface area contributed by atoms with E-state index in [0.29, 0.717) is 17.5 Å². The molecule has 20 heavy (non-hydrogen) atoms. The number of thiophene rings is 1. The number of aryl methyl sites for hydroxylation is 1. The van der Waals surface area contributed by atoms with Gasteiger partial charge in [0.2, 0.25) is 0 Å². The SMILES string of the molecule is CCc1ccc(S(=O)(=O)Cc2ccsc2)cc1C(=O)O.